The topological polar surface area (TPSA) is 105 Å². The van der Waals surface area contributed by atoms with Gasteiger partial charge < -0.3 is 24.5 Å². The quantitative estimate of drug-likeness (QED) is 0.348. The lowest BCUT2D eigenvalue weighted by molar-refractivity contribution is -0.0512. The number of halogens is 2. The predicted molar refractivity (Wildman–Crippen MR) is 99.6 cm³/mol. The van der Waals surface area contributed by atoms with Gasteiger partial charge in [0.15, 0.2) is 23.9 Å². The number of benzene rings is 2. The minimum absolute atomic E-state index is 0.00479. The highest BCUT2D eigenvalue weighted by Gasteiger charge is 2.13. The molecule has 0 saturated heterocycles. The number of hydrogen-bond donors (Lipinski definition) is 1. The Hall–Kier alpha value is -3.69. The van der Waals surface area contributed by atoms with Crippen LogP contribution in [0, 0.1) is 6.92 Å². The summed E-state index contributed by atoms with van der Waals surface area (Å²) < 4.78 is 39.7. The fourth-order valence-electron chi connectivity index (χ4n) is 2.35. The van der Waals surface area contributed by atoms with Gasteiger partial charge in [0.2, 0.25) is 5.89 Å². The highest BCUT2D eigenvalue weighted by molar-refractivity contribution is 5.97. The summed E-state index contributed by atoms with van der Waals surface area (Å²) in [5, 5.41) is 11.6. The van der Waals surface area contributed by atoms with Crippen molar-refractivity contribution >= 4 is 5.84 Å². The number of aromatic nitrogens is 2. The Balaban J connectivity index is 1.64. The number of ether oxygens (including phenoxy) is 2. The maximum absolute atomic E-state index is 12.4. The van der Waals surface area contributed by atoms with Crippen LogP contribution < -0.4 is 15.2 Å². The number of nitrogens with two attached hydrogens (primary N) is 1. The summed E-state index contributed by atoms with van der Waals surface area (Å²) in [5.74, 6) is 0.551. The van der Waals surface area contributed by atoms with Gasteiger partial charge in [0.05, 0.1) is 7.11 Å². The average molecular weight is 404 g/mol. The zero-order valence-corrected chi connectivity index (χ0v) is 15.6. The molecular weight excluding hydrogens is 386 g/mol. The average Bonchev–Trinajstić information content (AvgIpc) is 3.17. The SMILES string of the molecule is COc1cc(/C(N)=N/OCc2nnc(-c3ccc(C)cc3)o2)ccc1OC(F)F. The van der Waals surface area contributed by atoms with E-state index in [4.69, 9.17) is 19.7 Å². The molecule has 0 aliphatic heterocycles. The smallest absolute Gasteiger partial charge is 0.387 e. The van der Waals surface area contributed by atoms with E-state index >= 15 is 0 Å². The van der Waals surface area contributed by atoms with Gasteiger partial charge in [-0.1, -0.05) is 22.9 Å². The number of nitrogens with zero attached hydrogens (tertiary/aromatic N) is 3. The minimum Gasteiger partial charge on any atom is -0.493 e. The Morgan fingerprint density at radius 3 is 2.59 bits per heavy atom. The number of hydrogen-bond acceptors (Lipinski definition) is 7. The molecule has 2 N–H and O–H groups in total. The van der Waals surface area contributed by atoms with Crippen molar-refractivity contribution in [1.29, 1.82) is 0 Å². The number of aryl methyl sites for hydroxylation is 1. The molecule has 0 spiro atoms. The Morgan fingerprint density at radius 2 is 1.90 bits per heavy atom. The summed E-state index contributed by atoms with van der Waals surface area (Å²) in [6.45, 7) is -1.08. The summed E-state index contributed by atoms with van der Waals surface area (Å²) in [4.78, 5) is 5.15. The van der Waals surface area contributed by atoms with Crippen molar-refractivity contribution in [1.82, 2.24) is 10.2 Å². The highest BCUT2D eigenvalue weighted by atomic mass is 19.3. The summed E-state index contributed by atoms with van der Waals surface area (Å²) in [7, 11) is 1.32. The molecule has 0 amide bonds. The molecule has 1 heterocycles. The molecule has 152 valence electrons. The van der Waals surface area contributed by atoms with E-state index in [0.29, 0.717) is 11.5 Å². The monoisotopic (exact) mass is 404 g/mol. The molecule has 1 aromatic heterocycles. The van der Waals surface area contributed by atoms with Gasteiger partial charge in [0.25, 0.3) is 5.89 Å². The third kappa shape index (κ3) is 5.18. The van der Waals surface area contributed by atoms with E-state index in [9.17, 15) is 8.78 Å². The number of amidine groups is 1. The maximum atomic E-state index is 12.4. The Kier molecular flexibility index (Phi) is 6.22. The second-order valence-electron chi connectivity index (χ2n) is 5.86. The Labute approximate surface area is 164 Å². The fraction of sp³-hybridized carbons (Fsp3) is 0.211. The molecule has 3 rings (SSSR count). The number of alkyl halides is 2. The zero-order chi connectivity index (χ0) is 20.8. The number of rotatable bonds is 8. The Bertz CT molecular complexity index is 990. The molecule has 0 saturated carbocycles. The van der Waals surface area contributed by atoms with Crippen LogP contribution >= 0.6 is 0 Å². The number of oxime groups is 1. The van der Waals surface area contributed by atoms with Gasteiger partial charge in [-0.3, -0.25) is 0 Å². The van der Waals surface area contributed by atoms with E-state index in [-0.39, 0.29) is 29.8 Å². The molecule has 29 heavy (non-hydrogen) atoms. The third-order valence-electron chi connectivity index (χ3n) is 3.79. The second-order valence-corrected chi connectivity index (χ2v) is 5.86. The van der Waals surface area contributed by atoms with Crippen molar-refractivity contribution in [3.05, 3.63) is 59.5 Å². The van der Waals surface area contributed by atoms with E-state index in [1.165, 1.54) is 25.3 Å². The molecule has 10 heteroatoms. The van der Waals surface area contributed by atoms with Gasteiger partial charge in [-0.05, 0) is 37.3 Å². The molecule has 0 fully saturated rings. The van der Waals surface area contributed by atoms with E-state index in [0.717, 1.165) is 11.1 Å². The van der Waals surface area contributed by atoms with Crippen LogP contribution in [0.1, 0.15) is 17.0 Å². The molecule has 0 aliphatic carbocycles. The lowest BCUT2D eigenvalue weighted by Crippen LogP contribution is -2.14. The summed E-state index contributed by atoms with van der Waals surface area (Å²) in [5.41, 5.74) is 8.16. The van der Waals surface area contributed by atoms with Crippen LogP contribution in [0.15, 0.2) is 52.0 Å². The highest BCUT2D eigenvalue weighted by Crippen LogP contribution is 2.29. The van der Waals surface area contributed by atoms with Crippen LogP contribution in [0.25, 0.3) is 11.5 Å². The van der Waals surface area contributed by atoms with Gasteiger partial charge in [-0.2, -0.15) is 8.78 Å². The van der Waals surface area contributed by atoms with E-state index < -0.39 is 6.61 Å². The van der Waals surface area contributed by atoms with Crippen LogP contribution in [0.4, 0.5) is 8.78 Å². The maximum Gasteiger partial charge on any atom is 0.387 e. The normalized spacial score (nSPS) is 11.6. The molecule has 0 atom stereocenters. The van der Waals surface area contributed by atoms with Crippen LogP contribution in [-0.2, 0) is 11.4 Å². The van der Waals surface area contributed by atoms with Crippen molar-refractivity contribution < 1.29 is 27.5 Å². The first-order valence-electron chi connectivity index (χ1n) is 8.44. The lowest BCUT2D eigenvalue weighted by Gasteiger charge is -2.11. The molecule has 0 aliphatic rings. The zero-order valence-electron chi connectivity index (χ0n) is 15.6. The van der Waals surface area contributed by atoms with Crippen molar-refractivity contribution in [2.45, 2.75) is 20.1 Å². The van der Waals surface area contributed by atoms with Crippen molar-refractivity contribution in [3.63, 3.8) is 0 Å². The molecule has 2 aromatic carbocycles. The standard InChI is InChI=1S/C19H18F2N4O4/c1-11-3-5-12(6-4-11)18-24-23-16(29-18)10-27-25-17(22)13-7-8-14(28-19(20)21)15(9-13)26-2/h3-9,19H,10H2,1-2H3,(H2,22,25). The molecule has 0 bridgehead atoms. The second kappa shape index (κ2) is 9.00. The van der Waals surface area contributed by atoms with Crippen molar-refractivity contribution in [2.75, 3.05) is 7.11 Å². The van der Waals surface area contributed by atoms with Crippen molar-refractivity contribution in [3.8, 4) is 23.0 Å². The molecule has 8 nitrogen and oxygen atoms in total. The van der Waals surface area contributed by atoms with Gasteiger partial charge >= 0.3 is 6.61 Å². The van der Waals surface area contributed by atoms with Crippen LogP contribution in [-0.4, -0.2) is 29.8 Å². The van der Waals surface area contributed by atoms with Gasteiger partial charge in [-0.25, -0.2) is 0 Å². The van der Waals surface area contributed by atoms with E-state index in [2.05, 4.69) is 20.1 Å². The van der Waals surface area contributed by atoms with E-state index in [1.807, 2.05) is 31.2 Å². The van der Waals surface area contributed by atoms with Gasteiger partial charge in [0, 0.05) is 11.1 Å². The minimum atomic E-state index is -2.97. The first-order chi connectivity index (χ1) is 14.0. The summed E-state index contributed by atoms with van der Waals surface area (Å²) in [6, 6.07) is 11.8. The first kappa shape index (κ1) is 20.1. The number of methoxy groups -OCH3 is 1. The summed E-state index contributed by atoms with van der Waals surface area (Å²) >= 11 is 0. The molecular formula is C19H18F2N4O4. The largest absolute Gasteiger partial charge is 0.493 e. The molecule has 0 radical (unpaired) electrons. The van der Waals surface area contributed by atoms with Gasteiger partial charge in [-0.15, -0.1) is 10.2 Å². The summed E-state index contributed by atoms with van der Waals surface area (Å²) in [6.07, 6.45) is 0. The van der Waals surface area contributed by atoms with E-state index in [1.54, 1.807) is 0 Å². The predicted octanol–water partition coefficient (Wildman–Crippen LogP) is 3.49. The van der Waals surface area contributed by atoms with Crippen LogP contribution in [0.5, 0.6) is 11.5 Å². The Morgan fingerprint density at radius 1 is 1.14 bits per heavy atom. The molecule has 0 unspecified atom stereocenters. The van der Waals surface area contributed by atoms with Crippen molar-refractivity contribution in [2.24, 2.45) is 10.9 Å². The van der Waals surface area contributed by atoms with Crippen LogP contribution in [0.3, 0.4) is 0 Å². The first-order valence-corrected chi connectivity index (χ1v) is 8.44. The lowest BCUT2D eigenvalue weighted by atomic mass is 10.1. The fourth-order valence-corrected chi connectivity index (χ4v) is 2.35. The van der Waals surface area contributed by atoms with Gasteiger partial charge in [0.1, 0.15) is 0 Å². The third-order valence-corrected chi connectivity index (χ3v) is 3.79. The van der Waals surface area contributed by atoms with Crippen LogP contribution in [0.2, 0.25) is 0 Å². The molecule has 3 aromatic rings.